The van der Waals surface area contributed by atoms with E-state index in [-0.39, 0.29) is 11.9 Å². The molecule has 1 atom stereocenters. The van der Waals surface area contributed by atoms with Crippen molar-refractivity contribution in [1.82, 2.24) is 14.9 Å². The zero-order valence-electron chi connectivity index (χ0n) is 11.9. The normalized spacial score (nSPS) is 11.8. The Hall–Kier alpha value is -2.43. The summed E-state index contributed by atoms with van der Waals surface area (Å²) in [6, 6.07) is 7.60. The van der Waals surface area contributed by atoms with Crippen molar-refractivity contribution >= 4 is 11.7 Å². The summed E-state index contributed by atoms with van der Waals surface area (Å²) in [7, 11) is 3.44. The van der Waals surface area contributed by atoms with Gasteiger partial charge in [0.25, 0.3) is 5.91 Å². The summed E-state index contributed by atoms with van der Waals surface area (Å²) < 4.78 is 0. The topological polar surface area (TPSA) is 58.1 Å². The summed E-state index contributed by atoms with van der Waals surface area (Å²) in [6.07, 6.45) is 5.15. The summed E-state index contributed by atoms with van der Waals surface area (Å²) >= 11 is 0. The Balaban J connectivity index is 2.06. The van der Waals surface area contributed by atoms with Gasteiger partial charge < -0.3 is 10.2 Å². The molecule has 0 aliphatic rings. The van der Waals surface area contributed by atoms with Gasteiger partial charge in [0.05, 0.1) is 11.6 Å². The molecular weight excluding hydrogens is 252 g/mol. The van der Waals surface area contributed by atoms with Crippen molar-refractivity contribution in [1.29, 1.82) is 0 Å². The molecule has 2 aromatic rings. The SMILES string of the molecule is CC(Nc1ccc(C(=O)N(C)C)cn1)c1cccnc1. The second-order valence-electron chi connectivity index (χ2n) is 4.78. The van der Waals surface area contributed by atoms with E-state index in [0.717, 1.165) is 11.4 Å². The minimum absolute atomic E-state index is 0.0515. The molecule has 20 heavy (non-hydrogen) atoms. The molecule has 0 radical (unpaired) electrons. The molecule has 104 valence electrons. The van der Waals surface area contributed by atoms with Crippen molar-refractivity contribution in [3.05, 3.63) is 54.0 Å². The highest BCUT2D eigenvalue weighted by Crippen LogP contribution is 2.16. The van der Waals surface area contributed by atoms with Crippen LogP contribution in [0, 0.1) is 0 Å². The van der Waals surface area contributed by atoms with E-state index in [2.05, 4.69) is 15.3 Å². The summed E-state index contributed by atoms with van der Waals surface area (Å²) in [6.45, 7) is 2.04. The number of amides is 1. The molecule has 5 heteroatoms. The van der Waals surface area contributed by atoms with E-state index in [1.807, 2.05) is 31.3 Å². The molecule has 0 saturated carbocycles. The molecule has 0 fully saturated rings. The summed E-state index contributed by atoms with van der Waals surface area (Å²) in [5.41, 5.74) is 1.66. The van der Waals surface area contributed by atoms with E-state index in [9.17, 15) is 4.79 Å². The van der Waals surface area contributed by atoms with Crippen LogP contribution < -0.4 is 5.32 Å². The fourth-order valence-corrected chi connectivity index (χ4v) is 1.80. The van der Waals surface area contributed by atoms with Crippen LogP contribution in [0.4, 0.5) is 5.82 Å². The number of hydrogen-bond donors (Lipinski definition) is 1. The lowest BCUT2D eigenvalue weighted by molar-refractivity contribution is 0.0827. The number of pyridine rings is 2. The molecule has 1 unspecified atom stereocenters. The van der Waals surface area contributed by atoms with E-state index in [1.165, 1.54) is 4.90 Å². The maximum Gasteiger partial charge on any atom is 0.254 e. The van der Waals surface area contributed by atoms with Crippen molar-refractivity contribution in [3.63, 3.8) is 0 Å². The molecular formula is C15H18N4O. The van der Waals surface area contributed by atoms with E-state index in [0.29, 0.717) is 5.56 Å². The molecule has 0 aliphatic carbocycles. The molecule has 0 bridgehead atoms. The first kappa shape index (κ1) is 14.0. The predicted molar refractivity (Wildman–Crippen MR) is 78.5 cm³/mol. The van der Waals surface area contributed by atoms with E-state index >= 15 is 0 Å². The van der Waals surface area contributed by atoms with Crippen molar-refractivity contribution in [2.45, 2.75) is 13.0 Å². The summed E-state index contributed by atoms with van der Waals surface area (Å²) in [5, 5.41) is 3.28. The number of carbonyl (C=O) groups is 1. The Bertz CT molecular complexity index is 566. The van der Waals surface area contributed by atoms with Gasteiger partial charge in [-0.15, -0.1) is 0 Å². The van der Waals surface area contributed by atoms with Crippen LogP contribution in [0.3, 0.4) is 0 Å². The minimum atomic E-state index is -0.0515. The van der Waals surface area contributed by atoms with Crippen LogP contribution in [0.15, 0.2) is 42.9 Å². The fourth-order valence-electron chi connectivity index (χ4n) is 1.80. The molecule has 1 N–H and O–H groups in total. The minimum Gasteiger partial charge on any atom is -0.363 e. The molecule has 0 spiro atoms. The summed E-state index contributed by atoms with van der Waals surface area (Å²) in [5.74, 6) is 0.681. The predicted octanol–water partition coefficient (Wildman–Crippen LogP) is 2.35. The zero-order chi connectivity index (χ0) is 14.5. The Labute approximate surface area is 118 Å². The largest absolute Gasteiger partial charge is 0.363 e. The monoisotopic (exact) mass is 270 g/mol. The number of anilines is 1. The highest BCUT2D eigenvalue weighted by molar-refractivity contribution is 5.93. The molecule has 0 saturated heterocycles. The van der Waals surface area contributed by atoms with Gasteiger partial charge in [-0.05, 0) is 30.7 Å². The van der Waals surface area contributed by atoms with Gasteiger partial charge in [0.1, 0.15) is 5.82 Å². The van der Waals surface area contributed by atoms with E-state index in [4.69, 9.17) is 0 Å². The molecule has 1 amide bonds. The first-order valence-electron chi connectivity index (χ1n) is 6.42. The van der Waals surface area contributed by atoms with Gasteiger partial charge in [-0.25, -0.2) is 4.98 Å². The Morgan fingerprint density at radius 3 is 2.60 bits per heavy atom. The second kappa shape index (κ2) is 6.14. The van der Waals surface area contributed by atoms with Crippen molar-refractivity contribution in [2.75, 3.05) is 19.4 Å². The Kier molecular flexibility index (Phi) is 4.30. The average Bonchev–Trinajstić information content (AvgIpc) is 2.48. The lowest BCUT2D eigenvalue weighted by Crippen LogP contribution is -2.21. The van der Waals surface area contributed by atoms with Crippen molar-refractivity contribution in [3.8, 4) is 0 Å². The molecule has 0 aliphatic heterocycles. The third-order valence-corrected chi connectivity index (χ3v) is 2.97. The van der Waals surface area contributed by atoms with Crippen LogP contribution >= 0.6 is 0 Å². The number of nitrogens with zero attached hydrogens (tertiary/aromatic N) is 3. The highest BCUT2D eigenvalue weighted by Gasteiger charge is 2.09. The molecule has 2 aromatic heterocycles. The zero-order valence-corrected chi connectivity index (χ0v) is 11.9. The van der Waals surface area contributed by atoms with Crippen LogP contribution in [-0.4, -0.2) is 34.9 Å². The smallest absolute Gasteiger partial charge is 0.254 e. The van der Waals surface area contributed by atoms with Gasteiger partial charge in [0.15, 0.2) is 0 Å². The van der Waals surface area contributed by atoms with Crippen LogP contribution in [0.2, 0.25) is 0 Å². The maximum atomic E-state index is 11.8. The number of nitrogens with one attached hydrogen (secondary N) is 1. The van der Waals surface area contributed by atoms with Gasteiger partial charge >= 0.3 is 0 Å². The van der Waals surface area contributed by atoms with Crippen LogP contribution in [0.5, 0.6) is 0 Å². The van der Waals surface area contributed by atoms with Gasteiger partial charge in [0, 0.05) is 32.7 Å². The third kappa shape index (κ3) is 3.32. The van der Waals surface area contributed by atoms with Crippen molar-refractivity contribution in [2.24, 2.45) is 0 Å². The Morgan fingerprint density at radius 2 is 2.05 bits per heavy atom. The fraction of sp³-hybridized carbons (Fsp3) is 0.267. The molecule has 2 heterocycles. The van der Waals surface area contributed by atoms with Gasteiger partial charge in [-0.1, -0.05) is 6.07 Å². The first-order chi connectivity index (χ1) is 9.58. The quantitative estimate of drug-likeness (QED) is 0.926. The Morgan fingerprint density at radius 1 is 1.25 bits per heavy atom. The number of hydrogen-bond acceptors (Lipinski definition) is 4. The lowest BCUT2D eigenvalue weighted by Gasteiger charge is -2.15. The van der Waals surface area contributed by atoms with Crippen LogP contribution in [-0.2, 0) is 0 Å². The van der Waals surface area contributed by atoms with Crippen LogP contribution in [0.1, 0.15) is 28.9 Å². The standard InChI is InChI=1S/C15H18N4O/c1-11(12-5-4-8-16-9-12)18-14-7-6-13(10-17-14)15(20)19(2)3/h4-11H,1-3H3,(H,17,18). The summed E-state index contributed by atoms with van der Waals surface area (Å²) in [4.78, 5) is 21.6. The lowest BCUT2D eigenvalue weighted by atomic mass is 10.1. The molecule has 5 nitrogen and oxygen atoms in total. The van der Waals surface area contributed by atoms with Gasteiger partial charge in [0.2, 0.25) is 0 Å². The first-order valence-corrected chi connectivity index (χ1v) is 6.42. The van der Waals surface area contributed by atoms with Gasteiger partial charge in [-0.3, -0.25) is 9.78 Å². The molecule has 0 aromatic carbocycles. The average molecular weight is 270 g/mol. The number of carbonyl (C=O) groups excluding carboxylic acids is 1. The third-order valence-electron chi connectivity index (χ3n) is 2.97. The van der Waals surface area contributed by atoms with E-state index in [1.54, 1.807) is 32.6 Å². The maximum absolute atomic E-state index is 11.8. The highest BCUT2D eigenvalue weighted by atomic mass is 16.2. The molecule has 2 rings (SSSR count). The van der Waals surface area contributed by atoms with E-state index < -0.39 is 0 Å². The van der Waals surface area contributed by atoms with Gasteiger partial charge in [-0.2, -0.15) is 0 Å². The number of aromatic nitrogens is 2. The van der Waals surface area contributed by atoms with Crippen molar-refractivity contribution < 1.29 is 4.79 Å². The van der Waals surface area contributed by atoms with Crippen LogP contribution in [0.25, 0.3) is 0 Å². The second-order valence-corrected chi connectivity index (χ2v) is 4.78. The number of rotatable bonds is 4.